The van der Waals surface area contributed by atoms with Gasteiger partial charge in [-0.1, -0.05) is 0 Å². The van der Waals surface area contributed by atoms with E-state index >= 15 is 0 Å². The monoisotopic (exact) mass is 264 g/mol. The Kier molecular flexibility index (Phi) is 3.74. The van der Waals surface area contributed by atoms with Crippen LogP contribution in [0.2, 0.25) is 0 Å². The molecule has 0 aromatic heterocycles. The van der Waals surface area contributed by atoms with Crippen LogP contribution in [0.25, 0.3) is 0 Å². The zero-order valence-electron chi connectivity index (χ0n) is 11.2. The molecule has 0 fully saturated rings. The van der Waals surface area contributed by atoms with Crippen LogP contribution in [-0.2, 0) is 20.7 Å². The molecule has 1 aromatic rings. The molecule has 0 spiro atoms. The Bertz CT molecular complexity index is 521. The van der Waals surface area contributed by atoms with Crippen molar-refractivity contribution < 1.29 is 23.8 Å². The third-order valence-corrected chi connectivity index (χ3v) is 3.17. The number of carbonyl (C=O) groups is 2. The summed E-state index contributed by atoms with van der Waals surface area (Å²) in [7, 11) is 3.05. The van der Waals surface area contributed by atoms with Crippen LogP contribution in [0.1, 0.15) is 24.0 Å². The zero-order valence-corrected chi connectivity index (χ0v) is 11.2. The number of rotatable bonds is 4. The molecule has 5 heteroatoms. The Morgan fingerprint density at radius 2 is 1.89 bits per heavy atom. The number of hydrogen-bond acceptors (Lipinski definition) is 5. The molecule has 1 atom stereocenters. The topological polar surface area (TPSA) is 61.8 Å². The van der Waals surface area contributed by atoms with E-state index in [4.69, 9.17) is 14.2 Å². The third kappa shape index (κ3) is 2.28. The Morgan fingerprint density at radius 3 is 2.47 bits per heavy atom. The summed E-state index contributed by atoms with van der Waals surface area (Å²) in [5.74, 6) is -0.430. The lowest BCUT2D eigenvalue weighted by Gasteiger charge is -2.13. The lowest BCUT2D eigenvalue weighted by molar-refractivity contribution is -0.147. The van der Waals surface area contributed by atoms with Crippen molar-refractivity contribution in [2.24, 2.45) is 0 Å². The number of carbonyl (C=O) groups excluding carboxylic acids is 2. The first-order valence-electron chi connectivity index (χ1n) is 6.06. The highest BCUT2D eigenvalue weighted by Crippen LogP contribution is 2.39. The minimum Gasteiger partial charge on any atom is -0.493 e. The van der Waals surface area contributed by atoms with Crippen LogP contribution in [-0.4, -0.2) is 32.6 Å². The van der Waals surface area contributed by atoms with E-state index < -0.39 is 11.9 Å². The van der Waals surface area contributed by atoms with Crippen LogP contribution in [0.4, 0.5) is 0 Å². The first-order valence-corrected chi connectivity index (χ1v) is 6.06. The summed E-state index contributed by atoms with van der Waals surface area (Å²) >= 11 is 0. The van der Waals surface area contributed by atoms with Crippen LogP contribution in [0.15, 0.2) is 12.1 Å². The standard InChI is InChI=1S/C14H16O5/c1-4-19-14(16)13-9-7-12(18-3)11(17-2)6-8(9)5-10(13)15/h6-7,13H,4-5H2,1-3H3/t13-/m0/s1. The number of ketones is 1. The van der Waals surface area contributed by atoms with Gasteiger partial charge in [-0.25, -0.2) is 0 Å². The molecule has 102 valence electrons. The Hall–Kier alpha value is -2.04. The molecule has 0 heterocycles. The van der Waals surface area contributed by atoms with Crippen LogP contribution in [0.5, 0.6) is 11.5 Å². The summed E-state index contributed by atoms with van der Waals surface area (Å²) in [4.78, 5) is 23.8. The summed E-state index contributed by atoms with van der Waals surface area (Å²) in [6.07, 6.45) is 0.221. The second kappa shape index (κ2) is 5.30. The van der Waals surface area contributed by atoms with E-state index in [-0.39, 0.29) is 18.8 Å². The first kappa shape index (κ1) is 13.4. The van der Waals surface area contributed by atoms with Gasteiger partial charge >= 0.3 is 5.97 Å². The number of hydrogen-bond donors (Lipinski definition) is 0. The van der Waals surface area contributed by atoms with Gasteiger partial charge in [0.25, 0.3) is 0 Å². The molecule has 0 unspecified atom stereocenters. The number of esters is 1. The molecule has 0 saturated heterocycles. The quantitative estimate of drug-likeness (QED) is 0.609. The molecule has 5 nitrogen and oxygen atoms in total. The fourth-order valence-electron chi connectivity index (χ4n) is 2.31. The average molecular weight is 264 g/mol. The van der Waals surface area contributed by atoms with Gasteiger partial charge in [-0.15, -0.1) is 0 Å². The Morgan fingerprint density at radius 1 is 1.26 bits per heavy atom. The maximum atomic E-state index is 12.0. The van der Waals surface area contributed by atoms with E-state index in [1.54, 1.807) is 19.1 Å². The average Bonchev–Trinajstić information content (AvgIpc) is 2.72. The van der Waals surface area contributed by atoms with E-state index in [1.807, 2.05) is 0 Å². The molecule has 0 aliphatic heterocycles. The number of methoxy groups -OCH3 is 2. The molecule has 0 saturated carbocycles. The lowest BCUT2D eigenvalue weighted by Crippen LogP contribution is -2.20. The van der Waals surface area contributed by atoms with Gasteiger partial charge in [-0.2, -0.15) is 0 Å². The number of benzene rings is 1. The van der Waals surface area contributed by atoms with Crippen molar-refractivity contribution in [2.45, 2.75) is 19.3 Å². The smallest absolute Gasteiger partial charge is 0.321 e. The number of Topliss-reactive ketones (excluding diaryl/α,β-unsaturated/α-hetero) is 1. The fraction of sp³-hybridized carbons (Fsp3) is 0.429. The molecule has 1 aliphatic rings. The summed E-state index contributed by atoms with van der Waals surface area (Å²) in [5, 5.41) is 0. The van der Waals surface area contributed by atoms with Crippen molar-refractivity contribution in [1.29, 1.82) is 0 Å². The predicted molar refractivity (Wildman–Crippen MR) is 67.6 cm³/mol. The van der Waals surface area contributed by atoms with Gasteiger partial charge in [0.2, 0.25) is 0 Å². The molecule has 0 bridgehead atoms. The molecule has 0 N–H and O–H groups in total. The highest BCUT2D eigenvalue weighted by molar-refractivity contribution is 6.08. The minimum absolute atomic E-state index is 0.149. The zero-order chi connectivity index (χ0) is 14.0. The number of ether oxygens (including phenoxy) is 3. The highest BCUT2D eigenvalue weighted by Gasteiger charge is 2.38. The Balaban J connectivity index is 2.45. The van der Waals surface area contributed by atoms with Gasteiger partial charge in [0.15, 0.2) is 17.3 Å². The summed E-state index contributed by atoms with van der Waals surface area (Å²) in [5.41, 5.74) is 1.45. The van der Waals surface area contributed by atoms with E-state index in [9.17, 15) is 9.59 Å². The van der Waals surface area contributed by atoms with Crippen molar-refractivity contribution in [2.75, 3.05) is 20.8 Å². The molecule has 0 amide bonds. The van der Waals surface area contributed by atoms with E-state index in [0.717, 1.165) is 5.56 Å². The van der Waals surface area contributed by atoms with Gasteiger partial charge < -0.3 is 14.2 Å². The summed E-state index contributed by atoms with van der Waals surface area (Å²) < 4.78 is 15.3. The number of fused-ring (bicyclic) bond motifs is 1. The van der Waals surface area contributed by atoms with Crippen molar-refractivity contribution in [1.82, 2.24) is 0 Å². The van der Waals surface area contributed by atoms with Crippen LogP contribution < -0.4 is 9.47 Å². The maximum Gasteiger partial charge on any atom is 0.321 e. The van der Waals surface area contributed by atoms with Crippen LogP contribution in [0, 0.1) is 0 Å². The second-order valence-electron chi connectivity index (χ2n) is 4.23. The maximum absolute atomic E-state index is 12.0. The van der Waals surface area contributed by atoms with Crippen molar-refractivity contribution in [3.8, 4) is 11.5 Å². The molecule has 0 radical (unpaired) electrons. The molecule has 2 rings (SSSR count). The van der Waals surface area contributed by atoms with Crippen molar-refractivity contribution >= 4 is 11.8 Å². The van der Waals surface area contributed by atoms with E-state index in [0.29, 0.717) is 17.1 Å². The highest BCUT2D eigenvalue weighted by atomic mass is 16.5. The lowest BCUT2D eigenvalue weighted by atomic mass is 10.0. The third-order valence-electron chi connectivity index (χ3n) is 3.17. The first-order chi connectivity index (χ1) is 9.12. The summed E-state index contributed by atoms with van der Waals surface area (Å²) in [6.45, 7) is 1.97. The molecular weight excluding hydrogens is 248 g/mol. The van der Waals surface area contributed by atoms with Gasteiger partial charge in [0, 0.05) is 6.42 Å². The fourth-order valence-corrected chi connectivity index (χ4v) is 2.31. The van der Waals surface area contributed by atoms with E-state index in [2.05, 4.69) is 0 Å². The molecular formula is C14H16O5. The van der Waals surface area contributed by atoms with Crippen molar-refractivity contribution in [3.63, 3.8) is 0 Å². The molecule has 1 aromatic carbocycles. The largest absolute Gasteiger partial charge is 0.493 e. The predicted octanol–water partition coefficient (Wildman–Crippen LogP) is 1.48. The normalized spacial score (nSPS) is 17.0. The van der Waals surface area contributed by atoms with E-state index in [1.165, 1.54) is 14.2 Å². The minimum atomic E-state index is -0.838. The Labute approximate surface area is 111 Å². The van der Waals surface area contributed by atoms with Crippen LogP contribution in [0.3, 0.4) is 0 Å². The SMILES string of the molecule is CCOC(=O)[C@@H]1C(=O)Cc2cc(OC)c(OC)cc21. The van der Waals surface area contributed by atoms with Gasteiger partial charge in [0.1, 0.15) is 5.92 Å². The van der Waals surface area contributed by atoms with Crippen LogP contribution >= 0.6 is 0 Å². The van der Waals surface area contributed by atoms with Gasteiger partial charge in [0.05, 0.1) is 20.8 Å². The van der Waals surface area contributed by atoms with Crippen molar-refractivity contribution in [3.05, 3.63) is 23.3 Å². The second-order valence-corrected chi connectivity index (χ2v) is 4.23. The molecule has 19 heavy (non-hydrogen) atoms. The molecule has 1 aliphatic carbocycles. The van der Waals surface area contributed by atoms with Gasteiger partial charge in [-0.05, 0) is 30.2 Å². The summed E-state index contributed by atoms with van der Waals surface area (Å²) in [6, 6.07) is 3.42. The van der Waals surface area contributed by atoms with Gasteiger partial charge in [-0.3, -0.25) is 9.59 Å².